The van der Waals surface area contributed by atoms with E-state index in [4.69, 9.17) is 0 Å². The zero-order valence-corrected chi connectivity index (χ0v) is 13.6. The summed E-state index contributed by atoms with van der Waals surface area (Å²) in [5.41, 5.74) is -1.32. The number of halogens is 9. The molecule has 0 aromatic carbocycles. The van der Waals surface area contributed by atoms with Gasteiger partial charge >= 0.3 is 11.8 Å². The summed E-state index contributed by atoms with van der Waals surface area (Å²) in [7, 11) is -3.17. The third-order valence-corrected chi connectivity index (χ3v) is 7.71. The molecule has 0 saturated heterocycles. The van der Waals surface area contributed by atoms with Crippen LogP contribution >= 0.6 is 0 Å². The second-order valence-corrected chi connectivity index (χ2v) is 10.3. The zero-order chi connectivity index (χ0) is 18.0. The van der Waals surface area contributed by atoms with Gasteiger partial charge in [0.2, 0.25) is 6.17 Å². The summed E-state index contributed by atoms with van der Waals surface area (Å²) < 4.78 is 118. The summed E-state index contributed by atoms with van der Waals surface area (Å²) in [5, 5.41) is 0. The third-order valence-electron chi connectivity index (χ3n) is 3.53. The fourth-order valence-corrected chi connectivity index (χ4v) is 5.98. The van der Waals surface area contributed by atoms with Gasteiger partial charge in [-0.25, -0.2) is 22.0 Å². The molecule has 0 saturated carbocycles. The van der Waals surface area contributed by atoms with Gasteiger partial charge in [0, 0.05) is 0 Å². The highest BCUT2D eigenvalue weighted by molar-refractivity contribution is 6.63. The van der Waals surface area contributed by atoms with Gasteiger partial charge in [-0.3, -0.25) is 0 Å². The number of rotatable bonds is 8. The smallest absolute Gasteiger partial charge is 0.245 e. The highest BCUT2D eigenvalue weighted by atomic mass is 28.3. The normalized spacial score (nSPS) is 18.4. The summed E-state index contributed by atoms with van der Waals surface area (Å²) in [6.45, 7) is 5.45. The van der Waals surface area contributed by atoms with E-state index in [1.165, 1.54) is 27.7 Å². The molecular weight excluding hydrogens is 343 g/mol. The average molecular weight is 362 g/mol. The van der Waals surface area contributed by atoms with E-state index in [2.05, 4.69) is 0 Å². The summed E-state index contributed by atoms with van der Waals surface area (Å²) in [6.07, 6.45) is -12.8. The molecule has 0 nitrogen and oxygen atoms in total. The van der Waals surface area contributed by atoms with Gasteiger partial charge in [0.1, 0.15) is 0 Å². The topological polar surface area (TPSA) is 0 Å². The van der Waals surface area contributed by atoms with Gasteiger partial charge in [-0.05, 0) is 0 Å². The Hall–Kier alpha value is -0.413. The van der Waals surface area contributed by atoms with E-state index in [1.54, 1.807) is 0 Å². The Morgan fingerprint density at radius 2 is 1.05 bits per heavy atom. The lowest BCUT2D eigenvalue weighted by atomic mass is 10.0. The van der Waals surface area contributed by atoms with Gasteiger partial charge < -0.3 is 0 Å². The molecule has 0 heterocycles. The van der Waals surface area contributed by atoms with Crippen LogP contribution in [0.3, 0.4) is 0 Å². The fraction of sp³-hybridized carbons (Fsp3) is 1.00. The number of hydrogen-bond donors (Lipinski definition) is 0. The first kappa shape index (κ1) is 21.6. The average Bonchev–Trinajstić information content (AvgIpc) is 2.35. The lowest BCUT2D eigenvalue weighted by molar-refractivity contribution is -0.266. The second kappa shape index (κ2) is 7.44. The standard InChI is InChI=1S/C12H19F9Si/c1-5(2)22(6(3)4)10(17)12(20,21)11(18,19)8(14)7(13)9(15)16/h5-10,22H,1-4H3. The van der Waals surface area contributed by atoms with Crippen molar-refractivity contribution in [1.82, 2.24) is 0 Å². The van der Waals surface area contributed by atoms with Gasteiger partial charge in [-0.2, -0.15) is 17.6 Å². The van der Waals surface area contributed by atoms with E-state index in [1.807, 2.05) is 0 Å². The first-order chi connectivity index (χ1) is 9.69. The summed E-state index contributed by atoms with van der Waals surface area (Å²) in [4.78, 5) is 0. The molecule has 3 unspecified atom stereocenters. The van der Waals surface area contributed by atoms with Crippen LogP contribution in [0.1, 0.15) is 27.7 Å². The van der Waals surface area contributed by atoms with E-state index < -0.39 is 56.3 Å². The van der Waals surface area contributed by atoms with E-state index in [0.29, 0.717) is 0 Å². The molecule has 0 rings (SSSR count). The zero-order valence-electron chi connectivity index (χ0n) is 12.4. The Balaban J connectivity index is 5.58. The van der Waals surface area contributed by atoms with Gasteiger partial charge in [-0.1, -0.05) is 38.8 Å². The molecule has 0 fully saturated rings. The van der Waals surface area contributed by atoms with Crippen molar-refractivity contribution in [3.05, 3.63) is 0 Å². The van der Waals surface area contributed by atoms with E-state index in [0.717, 1.165) is 0 Å². The van der Waals surface area contributed by atoms with Crippen LogP contribution in [-0.2, 0) is 0 Å². The largest absolute Gasteiger partial charge is 0.346 e. The molecule has 0 radical (unpaired) electrons. The Morgan fingerprint density at radius 1 is 0.682 bits per heavy atom. The van der Waals surface area contributed by atoms with Crippen LogP contribution in [0.25, 0.3) is 0 Å². The van der Waals surface area contributed by atoms with Crippen LogP contribution in [0.5, 0.6) is 0 Å². The van der Waals surface area contributed by atoms with Crippen LogP contribution in [0.4, 0.5) is 39.5 Å². The minimum atomic E-state index is -5.86. The molecule has 10 heteroatoms. The molecule has 3 atom stereocenters. The van der Waals surface area contributed by atoms with Crippen LogP contribution in [0.2, 0.25) is 11.1 Å². The maximum absolute atomic E-state index is 14.0. The number of hydrogen-bond acceptors (Lipinski definition) is 0. The summed E-state index contributed by atoms with van der Waals surface area (Å²) in [6, 6.07) is 0. The van der Waals surface area contributed by atoms with Crippen molar-refractivity contribution < 1.29 is 39.5 Å². The van der Waals surface area contributed by atoms with Gasteiger partial charge in [0.25, 0.3) is 6.43 Å². The molecule has 22 heavy (non-hydrogen) atoms. The Morgan fingerprint density at radius 3 is 1.32 bits per heavy atom. The Kier molecular flexibility index (Phi) is 7.30. The predicted octanol–water partition coefficient (Wildman–Crippen LogP) is 5.12. The lowest BCUT2D eigenvalue weighted by Crippen LogP contribution is -2.61. The van der Waals surface area contributed by atoms with Crippen molar-refractivity contribution in [3.8, 4) is 0 Å². The van der Waals surface area contributed by atoms with Crippen LogP contribution < -0.4 is 0 Å². The summed E-state index contributed by atoms with van der Waals surface area (Å²) >= 11 is 0. The highest BCUT2D eigenvalue weighted by Gasteiger charge is 2.70. The number of alkyl halides is 9. The summed E-state index contributed by atoms with van der Waals surface area (Å²) in [5.74, 6) is -14.8. The first-order valence-corrected chi connectivity index (χ1v) is 8.65. The van der Waals surface area contributed by atoms with Crippen molar-refractivity contribution in [1.29, 1.82) is 0 Å². The molecule has 0 bridgehead atoms. The minimum absolute atomic E-state index is 0.661. The molecule has 0 aromatic rings. The molecule has 0 amide bonds. The van der Waals surface area contributed by atoms with Crippen molar-refractivity contribution >= 4 is 8.80 Å². The van der Waals surface area contributed by atoms with Crippen molar-refractivity contribution in [2.45, 2.75) is 75.2 Å². The van der Waals surface area contributed by atoms with Gasteiger partial charge in [0.05, 0.1) is 8.80 Å². The van der Waals surface area contributed by atoms with Gasteiger partial charge in [0.15, 0.2) is 12.0 Å². The predicted molar refractivity (Wildman–Crippen MR) is 67.9 cm³/mol. The quantitative estimate of drug-likeness (QED) is 0.415. The van der Waals surface area contributed by atoms with Crippen molar-refractivity contribution in [2.75, 3.05) is 0 Å². The second-order valence-electron chi connectivity index (χ2n) is 5.89. The highest BCUT2D eigenvalue weighted by Crippen LogP contribution is 2.47. The fourth-order valence-electron chi connectivity index (χ4n) is 2.38. The third kappa shape index (κ3) is 4.11. The monoisotopic (exact) mass is 362 g/mol. The molecule has 0 aliphatic carbocycles. The Labute approximate surface area is 124 Å². The first-order valence-electron chi connectivity index (χ1n) is 6.65. The molecular formula is C12H19F9Si. The molecule has 134 valence electrons. The van der Waals surface area contributed by atoms with Crippen molar-refractivity contribution in [3.63, 3.8) is 0 Å². The van der Waals surface area contributed by atoms with Crippen LogP contribution in [0.15, 0.2) is 0 Å². The van der Waals surface area contributed by atoms with Gasteiger partial charge in [-0.15, -0.1) is 0 Å². The molecule has 0 aromatic heterocycles. The van der Waals surface area contributed by atoms with E-state index >= 15 is 0 Å². The maximum atomic E-state index is 14.0. The lowest BCUT2D eigenvalue weighted by Gasteiger charge is -2.37. The molecule has 0 aliphatic heterocycles. The molecule has 0 spiro atoms. The molecule has 0 aliphatic rings. The van der Waals surface area contributed by atoms with Crippen LogP contribution in [-0.4, -0.2) is 45.2 Å². The van der Waals surface area contributed by atoms with Crippen molar-refractivity contribution in [2.24, 2.45) is 0 Å². The van der Waals surface area contributed by atoms with E-state index in [-0.39, 0.29) is 0 Å². The van der Waals surface area contributed by atoms with Crippen LogP contribution in [0, 0.1) is 0 Å². The Bertz CT molecular complexity index is 337. The molecule has 0 N–H and O–H groups in total. The SMILES string of the molecule is CC(C)[SiH](C(C)C)C(F)C(F)(F)C(F)(F)C(F)C(F)C(F)F. The minimum Gasteiger partial charge on any atom is -0.245 e. The maximum Gasteiger partial charge on any atom is 0.346 e. The van der Waals surface area contributed by atoms with E-state index in [9.17, 15) is 39.5 Å².